The Balaban J connectivity index is 1.71. The molecule has 0 bridgehead atoms. The zero-order valence-electron chi connectivity index (χ0n) is 15.6. The van der Waals surface area contributed by atoms with Crippen molar-refractivity contribution in [2.45, 2.75) is 11.8 Å². The molecule has 8 heteroatoms. The first kappa shape index (κ1) is 18.9. The van der Waals surface area contributed by atoms with Crippen LogP contribution in [0.5, 0.6) is 11.5 Å². The van der Waals surface area contributed by atoms with Crippen LogP contribution in [0.3, 0.4) is 0 Å². The quantitative estimate of drug-likeness (QED) is 0.695. The van der Waals surface area contributed by atoms with Gasteiger partial charge in [0.25, 0.3) is 15.9 Å². The first-order valence-corrected chi connectivity index (χ1v) is 10.2. The molecule has 1 heterocycles. The Labute approximate surface area is 167 Å². The van der Waals surface area contributed by atoms with Crippen LogP contribution in [0.2, 0.25) is 0 Å². The molecule has 29 heavy (non-hydrogen) atoms. The Kier molecular flexibility index (Phi) is 4.50. The Morgan fingerprint density at radius 2 is 1.76 bits per heavy atom. The first-order chi connectivity index (χ1) is 13.7. The van der Waals surface area contributed by atoms with Crippen molar-refractivity contribution in [3.05, 3.63) is 77.6 Å². The fourth-order valence-electron chi connectivity index (χ4n) is 3.08. The molecule has 0 saturated carbocycles. The number of halogens is 1. The van der Waals surface area contributed by atoms with E-state index in [9.17, 15) is 17.6 Å². The second kappa shape index (κ2) is 6.89. The summed E-state index contributed by atoms with van der Waals surface area (Å²) in [5.41, 5.74) is 1.97. The van der Waals surface area contributed by atoms with Crippen molar-refractivity contribution in [1.82, 2.24) is 0 Å². The van der Waals surface area contributed by atoms with Crippen LogP contribution in [0, 0.1) is 12.7 Å². The minimum Gasteiger partial charge on any atom is -0.454 e. The third kappa shape index (κ3) is 3.54. The lowest BCUT2D eigenvalue weighted by molar-refractivity contribution is 0.0993. The number of benzene rings is 3. The van der Waals surface area contributed by atoms with Crippen molar-refractivity contribution in [1.29, 1.82) is 0 Å². The van der Waals surface area contributed by atoms with Gasteiger partial charge in [-0.25, -0.2) is 12.8 Å². The predicted octanol–water partition coefficient (Wildman–Crippen LogP) is 4.32. The van der Waals surface area contributed by atoms with Gasteiger partial charge in [-0.15, -0.1) is 0 Å². The van der Waals surface area contributed by atoms with Crippen LogP contribution in [-0.2, 0) is 10.0 Å². The maximum atomic E-state index is 13.4. The van der Waals surface area contributed by atoms with E-state index in [1.807, 2.05) is 19.1 Å². The summed E-state index contributed by atoms with van der Waals surface area (Å²) in [6, 6.07) is 14.6. The second-order valence-corrected chi connectivity index (χ2v) is 8.39. The minimum absolute atomic E-state index is 0.167. The molecule has 1 aliphatic heterocycles. The van der Waals surface area contributed by atoms with Gasteiger partial charge >= 0.3 is 0 Å². The molecular weight excluding hydrogens is 395 g/mol. The zero-order valence-corrected chi connectivity index (χ0v) is 16.5. The molecular formula is C21H17FN2O4S. The number of rotatable bonds is 3. The average Bonchev–Trinajstić information content (AvgIpc) is 2.78. The van der Waals surface area contributed by atoms with Crippen molar-refractivity contribution < 1.29 is 22.3 Å². The van der Waals surface area contributed by atoms with Gasteiger partial charge in [0.1, 0.15) is 11.6 Å². The number of anilines is 2. The lowest BCUT2D eigenvalue weighted by Gasteiger charge is -2.17. The molecule has 3 aromatic rings. The number of carbonyl (C=O) groups excluding carboxylic acids is 1. The molecule has 0 aromatic heterocycles. The van der Waals surface area contributed by atoms with Gasteiger partial charge in [0.15, 0.2) is 5.75 Å². The number of hydrogen-bond donors (Lipinski definition) is 1. The smallest absolute Gasteiger partial charge is 0.261 e. The number of nitrogens with zero attached hydrogens (tertiary/aromatic N) is 1. The van der Waals surface area contributed by atoms with E-state index >= 15 is 0 Å². The number of aryl methyl sites for hydroxylation is 1. The van der Waals surface area contributed by atoms with Crippen LogP contribution < -0.4 is 14.4 Å². The molecule has 1 amide bonds. The van der Waals surface area contributed by atoms with E-state index in [0.717, 1.165) is 17.7 Å². The number of carbonyl (C=O) groups is 1. The molecule has 0 radical (unpaired) electrons. The number of fused-ring (bicyclic) bond motifs is 2. The minimum atomic E-state index is -4.02. The molecule has 0 atom stereocenters. The van der Waals surface area contributed by atoms with Gasteiger partial charge in [0.2, 0.25) is 0 Å². The average molecular weight is 412 g/mol. The molecule has 0 spiro atoms. The van der Waals surface area contributed by atoms with Crippen LogP contribution in [0.4, 0.5) is 15.8 Å². The van der Waals surface area contributed by atoms with Crippen LogP contribution in [0.1, 0.15) is 15.9 Å². The summed E-state index contributed by atoms with van der Waals surface area (Å²) in [5, 5.41) is 0. The van der Waals surface area contributed by atoms with Crippen LogP contribution in [0.15, 0.2) is 65.6 Å². The van der Waals surface area contributed by atoms with Gasteiger partial charge in [-0.1, -0.05) is 12.1 Å². The largest absolute Gasteiger partial charge is 0.454 e. The number of hydrogen-bond acceptors (Lipinski definition) is 4. The van der Waals surface area contributed by atoms with Crippen molar-refractivity contribution >= 4 is 27.3 Å². The predicted molar refractivity (Wildman–Crippen MR) is 108 cm³/mol. The van der Waals surface area contributed by atoms with Crippen LogP contribution in [0.25, 0.3) is 0 Å². The van der Waals surface area contributed by atoms with E-state index in [2.05, 4.69) is 4.72 Å². The van der Waals surface area contributed by atoms with E-state index in [0.29, 0.717) is 17.2 Å². The Morgan fingerprint density at radius 1 is 1.00 bits per heavy atom. The lowest BCUT2D eigenvalue weighted by atomic mass is 10.1. The molecule has 0 fully saturated rings. The molecule has 1 aliphatic rings. The maximum Gasteiger partial charge on any atom is 0.261 e. The highest BCUT2D eigenvalue weighted by Crippen LogP contribution is 2.39. The summed E-state index contributed by atoms with van der Waals surface area (Å²) in [6.07, 6.45) is 0. The molecule has 0 unspecified atom stereocenters. The molecule has 6 nitrogen and oxygen atoms in total. The summed E-state index contributed by atoms with van der Waals surface area (Å²) in [6.45, 7) is 1.91. The fourth-order valence-corrected chi connectivity index (χ4v) is 4.16. The van der Waals surface area contributed by atoms with E-state index in [4.69, 9.17) is 4.74 Å². The normalized spacial score (nSPS) is 13.2. The van der Waals surface area contributed by atoms with Crippen LogP contribution >= 0.6 is 0 Å². The maximum absolute atomic E-state index is 13.4. The van der Waals surface area contributed by atoms with Crippen molar-refractivity contribution in [2.75, 3.05) is 16.7 Å². The molecule has 0 saturated heterocycles. The van der Waals surface area contributed by atoms with Crippen LogP contribution in [-0.4, -0.2) is 21.4 Å². The standard InChI is InChI=1S/C21H17FN2O4S/c1-13-6-8-20-18(10-13)24(2)21(25)17-12-15(7-9-19(17)28-20)23-29(26,27)16-5-3-4-14(22)11-16/h3-12,23H,1-2H3. The van der Waals surface area contributed by atoms with Gasteiger partial charge < -0.3 is 9.64 Å². The highest BCUT2D eigenvalue weighted by Gasteiger charge is 2.27. The monoisotopic (exact) mass is 412 g/mol. The van der Waals surface area contributed by atoms with E-state index in [1.54, 1.807) is 13.1 Å². The summed E-state index contributed by atoms with van der Waals surface area (Å²) in [7, 11) is -2.39. The second-order valence-electron chi connectivity index (χ2n) is 6.71. The van der Waals surface area contributed by atoms with E-state index in [1.165, 1.54) is 35.2 Å². The Morgan fingerprint density at radius 3 is 2.52 bits per heavy atom. The van der Waals surface area contributed by atoms with Gasteiger partial charge in [0.05, 0.1) is 16.1 Å². The van der Waals surface area contributed by atoms with E-state index < -0.39 is 15.8 Å². The molecule has 3 aromatic carbocycles. The van der Waals surface area contributed by atoms with Gasteiger partial charge in [0, 0.05) is 12.7 Å². The SMILES string of the molecule is Cc1ccc2c(c1)N(C)C(=O)c1cc(NS(=O)(=O)c3cccc(F)c3)ccc1O2. The summed E-state index contributed by atoms with van der Waals surface area (Å²) < 4.78 is 46.8. The fraction of sp³-hybridized carbons (Fsp3) is 0.0952. The number of ether oxygens (including phenoxy) is 1. The summed E-state index contributed by atoms with van der Waals surface area (Å²) in [4.78, 5) is 14.2. The van der Waals surface area contributed by atoms with Crippen molar-refractivity contribution in [3.63, 3.8) is 0 Å². The number of sulfonamides is 1. The molecule has 1 N–H and O–H groups in total. The van der Waals surface area contributed by atoms with Gasteiger partial charge in [-0.2, -0.15) is 0 Å². The lowest BCUT2D eigenvalue weighted by Crippen LogP contribution is -2.25. The van der Waals surface area contributed by atoms with Gasteiger partial charge in [-0.3, -0.25) is 9.52 Å². The summed E-state index contributed by atoms with van der Waals surface area (Å²) >= 11 is 0. The third-order valence-electron chi connectivity index (χ3n) is 4.57. The topological polar surface area (TPSA) is 75.7 Å². The number of amides is 1. The first-order valence-electron chi connectivity index (χ1n) is 8.73. The van der Waals surface area contributed by atoms with Crippen molar-refractivity contribution in [3.8, 4) is 11.5 Å². The molecule has 148 valence electrons. The molecule has 0 aliphatic carbocycles. The van der Waals surface area contributed by atoms with Gasteiger partial charge in [-0.05, 0) is 61.0 Å². The highest BCUT2D eigenvalue weighted by molar-refractivity contribution is 7.92. The Hall–Kier alpha value is -3.39. The third-order valence-corrected chi connectivity index (χ3v) is 5.95. The summed E-state index contributed by atoms with van der Waals surface area (Å²) in [5.74, 6) is -0.152. The highest BCUT2D eigenvalue weighted by atomic mass is 32.2. The Bertz CT molecular complexity index is 1240. The van der Waals surface area contributed by atoms with E-state index in [-0.39, 0.29) is 22.1 Å². The number of nitrogens with one attached hydrogen (secondary N) is 1. The van der Waals surface area contributed by atoms with Crippen molar-refractivity contribution in [2.24, 2.45) is 0 Å². The zero-order chi connectivity index (χ0) is 20.8. The molecule has 4 rings (SSSR count).